The predicted molar refractivity (Wildman–Crippen MR) is 48.8 cm³/mol. The van der Waals surface area contributed by atoms with E-state index in [1.807, 2.05) is 0 Å². The van der Waals surface area contributed by atoms with Gasteiger partial charge >= 0.3 is 0 Å². The van der Waals surface area contributed by atoms with E-state index in [-0.39, 0.29) is 5.41 Å². The Hall–Kier alpha value is -0.590. The summed E-state index contributed by atoms with van der Waals surface area (Å²) >= 11 is 0. The summed E-state index contributed by atoms with van der Waals surface area (Å²) in [5.74, 6) is 1.17. The lowest BCUT2D eigenvalue weighted by Gasteiger charge is -2.34. The van der Waals surface area contributed by atoms with Gasteiger partial charge < -0.3 is 0 Å². The molecule has 0 aromatic heterocycles. The van der Waals surface area contributed by atoms with Crippen LogP contribution < -0.4 is 0 Å². The third-order valence-electron chi connectivity index (χ3n) is 3.46. The first-order valence-electron chi connectivity index (χ1n) is 4.86. The Balaban J connectivity index is 2.34. The van der Waals surface area contributed by atoms with E-state index < -0.39 is 0 Å². The zero-order valence-electron chi connectivity index (χ0n) is 7.89. The standard InChI is InChI=1S/C11H16O/c1-11(2)9-5-3-4-8(9)6-7-10(11)12/h5,8H,3-4,6-7H2,1-2H3/t8-/m1/s1. The Morgan fingerprint density at radius 3 is 2.92 bits per heavy atom. The molecule has 1 nitrogen and oxygen atoms in total. The van der Waals surface area contributed by atoms with Gasteiger partial charge in [-0.1, -0.05) is 11.6 Å². The van der Waals surface area contributed by atoms with Gasteiger partial charge in [-0.25, -0.2) is 0 Å². The van der Waals surface area contributed by atoms with Gasteiger partial charge in [0.25, 0.3) is 0 Å². The fourth-order valence-corrected chi connectivity index (χ4v) is 2.61. The van der Waals surface area contributed by atoms with Crippen molar-refractivity contribution in [1.29, 1.82) is 0 Å². The van der Waals surface area contributed by atoms with Crippen molar-refractivity contribution >= 4 is 5.78 Å². The summed E-state index contributed by atoms with van der Waals surface area (Å²) in [6, 6.07) is 0. The molecule has 0 saturated heterocycles. The molecule has 0 aromatic rings. The van der Waals surface area contributed by atoms with E-state index in [4.69, 9.17) is 0 Å². The molecule has 2 aliphatic rings. The number of fused-ring (bicyclic) bond motifs is 1. The average molecular weight is 164 g/mol. The topological polar surface area (TPSA) is 17.1 Å². The molecule has 1 fully saturated rings. The molecule has 0 unspecified atom stereocenters. The summed E-state index contributed by atoms with van der Waals surface area (Å²) < 4.78 is 0. The molecule has 2 aliphatic carbocycles. The largest absolute Gasteiger partial charge is 0.299 e. The fourth-order valence-electron chi connectivity index (χ4n) is 2.61. The van der Waals surface area contributed by atoms with Crippen LogP contribution >= 0.6 is 0 Å². The van der Waals surface area contributed by atoms with Crippen LogP contribution in [0.4, 0.5) is 0 Å². The third-order valence-corrected chi connectivity index (χ3v) is 3.46. The Labute approximate surface area is 73.8 Å². The maximum absolute atomic E-state index is 11.6. The van der Waals surface area contributed by atoms with Gasteiger partial charge in [0.1, 0.15) is 5.78 Å². The molecular weight excluding hydrogens is 148 g/mol. The third kappa shape index (κ3) is 0.954. The minimum absolute atomic E-state index is 0.139. The zero-order chi connectivity index (χ0) is 8.77. The fraction of sp³-hybridized carbons (Fsp3) is 0.727. The van der Waals surface area contributed by atoms with Gasteiger partial charge in [-0.2, -0.15) is 0 Å². The van der Waals surface area contributed by atoms with Crippen LogP contribution in [0.2, 0.25) is 0 Å². The van der Waals surface area contributed by atoms with Crippen molar-refractivity contribution in [3.8, 4) is 0 Å². The number of hydrogen-bond donors (Lipinski definition) is 0. The molecule has 2 rings (SSSR count). The normalized spacial score (nSPS) is 33.0. The minimum atomic E-state index is -0.139. The lowest BCUT2D eigenvalue weighted by Crippen LogP contribution is -2.33. The van der Waals surface area contributed by atoms with Gasteiger partial charge in [-0.15, -0.1) is 0 Å². The van der Waals surface area contributed by atoms with E-state index >= 15 is 0 Å². The van der Waals surface area contributed by atoms with Crippen LogP contribution in [-0.2, 0) is 4.79 Å². The minimum Gasteiger partial charge on any atom is -0.299 e. The molecule has 1 saturated carbocycles. The Kier molecular flexibility index (Phi) is 1.64. The van der Waals surface area contributed by atoms with E-state index in [0.29, 0.717) is 5.78 Å². The lowest BCUT2D eigenvalue weighted by atomic mass is 9.68. The van der Waals surface area contributed by atoms with Crippen molar-refractivity contribution in [3.05, 3.63) is 11.6 Å². The highest BCUT2D eigenvalue weighted by Crippen LogP contribution is 2.46. The second kappa shape index (κ2) is 2.45. The molecular formula is C11H16O. The van der Waals surface area contributed by atoms with E-state index in [2.05, 4.69) is 19.9 Å². The number of carbonyl (C=O) groups excluding carboxylic acids is 1. The van der Waals surface area contributed by atoms with Crippen LogP contribution in [0.5, 0.6) is 0 Å². The van der Waals surface area contributed by atoms with E-state index in [1.165, 1.54) is 18.4 Å². The number of carbonyl (C=O) groups is 1. The van der Waals surface area contributed by atoms with Crippen LogP contribution in [0.15, 0.2) is 11.6 Å². The Morgan fingerprint density at radius 1 is 1.42 bits per heavy atom. The summed E-state index contributed by atoms with van der Waals surface area (Å²) in [4.78, 5) is 11.6. The summed E-state index contributed by atoms with van der Waals surface area (Å²) in [5.41, 5.74) is 1.29. The number of rotatable bonds is 0. The van der Waals surface area contributed by atoms with E-state index in [1.54, 1.807) is 0 Å². The molecule has 0 radical (unpaired) electrons. The van der Waals surface area contributed by atoms with Gasteiger partial charge in [0.2, 0.25) is 0 Å². The van der Waals surface area contributed by atoms with Crippen LogP contribution in [0, 0.1) is 11.3 Å². The van der Waals surface area contributed by atoms with Crippen molar-refractivity contribution < 1.29 is 4.79 Å². The summed E-state index contributed by atoms with van der Waals surface area (Å²) in [7, 11) is 0. The van der Waals surface area contributed by atoms with Crippen LogP contribution in [0.3, 0.4) is 0 Å². The quantitative estimate of drug-likeness (QED) is 0.503. The van der Waals surface area contributed by atoms with Crippen molar-refractivity contribution in [2.45, 2.75) is 39.5 Å². The number of ketones is 1. The highest BCUT2D eigenvalue weighted by atomic mass is 16.1. The Bertz CT molecular complexity index is 248. The predicted octanol–water partition coefficient (Wildman–Crippen LogP) is 2.71. The van der Waals surface area contributed by atoms with Crippen molar-refractivity contribution in [3.63, 3.8) is 0 Å². The van der Waals surface area contributed by atoms with E-state index in [0.717, 1.165) is 18.8 Å². The Morgan fingerprint density at radius 2 is 2.17 bits per heavy atom. The average Bonchev–Trinajstić information content (AvgIpc) is 2.46. The van der Waals surface area contributed by atoms with Crippen molar-refractivity contribution in [2.24, 2.45) is 11.3 Å². The molecule has 12 heavy (non-hydrogen) atoms. The summed E-state index contributed by atoms with van der Waals surface area (Å²) in [6.45, 7) is 4.16. The van der Waals surface area contributed by atoms with Gasteiger partial charge in [-0.05, 0) is 39.0 Å². The molecule has 66 valence electrons. The first-order valence-corrected chi connectivity index (χ1v) is 4.86. The molecule has 0 heterocycles. The van der Waals surface area contributed by atoms with Crippen LogP contribution in [-0.4, -0.2) is 5.78 Å². The molecule has 0 aliphatic heterocycles. The maximum atomic E-state index is 11.6. The van der Waals surface area contributed by atoms with E-state index in [9.17, 15) is 4.79 Å². The SMILES string of the molecule is CC1(C)C(=O)CC[C@H]2CCC=C21. The second-order valence-corrected chi connectivity index (χ2v) is 4.52. The molecule has 0 amide bonds. The smallest absolute Gasteiger partial charge is 0.142 e. The van der Waals surface area contributed by atoms with Crippen LogP contribution in [0.25, 0.3) is 0 Å². The van der Waals surface area contributed by atoms with Gasteiger partial charge in [0.05, 0.1) is 0 Å². The van der Waals surface area contributed by atoms with Gasteiger partial charge in [-0.3, -0.25) is 4.79 Å². The molecule has 0 spiro atoms. The van der Waals surface area contributed by atoms with Crippen LogP contribution in [0.1, 0.15) is 39.5 Å². The second-order valence-electron chi connectivity index (χ2n) is 4.52. The number of Topliss-reactive ketones (excluding diaryl/α,β-unsaturated/α-hetero) is 1. The van der Waals surface area contributed by atoms with Gasteiger partial charge in [0.15, 0.2) is 0 Å². The summed E-state index contributed by atoms with van der Waals surface area (Å²) in [5, 5.41) is 0. The zero-order valence-corrected chi connectivity index (χ0v) is 7.89. The monoisotopic (exact) mass is 164 g/mol. The molecule has 0 bridgehead atoms. The molecule has 1 atom stereocenters. The van der Waals surface area contributed by atoms with Crippen molar-refractivity contribution in [2.75, 3.05) is 0 Å². The molecule has 0 N–H and O–H groups in total. The van der Waals surface area contributed by atoms with Crippen molar-refractivity contribution in [1.82, 2.24) is 0 Å². The highest BCUT2D eigenvalue weighted by Gasteiger charge is 2.41. The molecule has 1 heteroatoms. The highest BCUT2D eigenvalue weighted by molar-refractivity contribution is 5.88. The summed E-state index contributed by atoms with van der Waals surface area (Å²) in [6.07, 6.45) is 6.67. The molecule has 0 aromatic carbocycles. The first-order chi connectivity index (χ1) is 5.62. The lowest BCUT2D eigenvalue weighted by molar-refractivity contribution is -0.127. The van der Waals surface area contributed by atoms with Gasteiger partial charge in [0, 0.05) is 11.8 Å². The number of hydrogen-bond acceptors (Lipinski definition) is 1. The maximum Gasteiger partial charge on any atom is 0.142 e. The number of allylic oxidation sites excluding steroid dienone is 2. The first kappa shape index (κ1) is 8.03.